The molecule has 0 bridgehead atoms. The van der Waals surface area contributed by atoms with E-state index in [0.717, 1.165) is 37.2 Å². The molecule has 0 saturated carbocycles. The number of fused-ring (bicyclic) bond motifs is 1. The quantitative estimate of drug-likeness (QED) is 0.413. The summed E-state index contributed by atoms with van der Waals surface area (Å²) < 4.78 is 0. The summed E-state index contributed by atoms with van der Waals surface area (Å²) in [6.45, 7) is 2.89. The van der Waals surface area contributed by atoms with Crippen molar-refractivity contribution in [1.82, 2.24) is 0 Å². The summed E-state index contributed by atoms with van der Waals surface area (Å²) in [6.07, 6.45) is 2.99. The van der Waals surface area contributed by atoms with E-state index in [0.29, 0.717) is 0 Å². The van der Waals surface area contributed by atoms with Crippen molar-refractivity contribution in [3.63, 3.8) is 0 Å². The van der Waals surface area contributed by atoms with Crippen LogP contribution in [0.25, 0.3) is 0 Å². The molecule has 2 aromatic carbocycles. The van der Waals surface area contributed by atoms with Crippen molar-refractivity contribution in [2.45, 2.75) is 26.2 Å². The van der Waals surface area contributed by atoms with Crippen LogP contribution in [0.5, 0.6) is 0 Å². The van der Waals surface area contributed by atoms with E-state index in [2.05, 4.69) is 23.3 Å². The van der Waals surface area contributed by atoms with Gasteiger partial charge in [0.2, 0.25) is 5.91 Å². The molecule has 0 aliphatic carbocycles. The molecule has 6 heteroatoms. The van der Waals surface area contributed by atoms with Gasteiger partial charge in [-0.3, -0.25) is 4.79 Å². The zero-order chi connectivity index (χ0) is 17.6. The molecule has 3 N–H and O–H groups in total. The predicted octanol–water partition coefficient (Wildman–Crippen LogP) is 3.57. The van der Waals surface area contributed by atoms with Crippen molar-refractivity contribution < 1.29 is 4.79 Å². The number of carbonyl (C=O) groups is 1. The predicted molar refractivity (Wildman–Crippen MR) is 118 cm³/mol. The maximum atomic E-state index is 12.5. The monoisotopic (exact) mass is 464 g/mol. The number of rotatable bonds is 4. The first kappa shape index (κ1) is 20.2. The van der Waals surface area contributed by atoms with Gasteiger partial charge in [-0.15, -0.1) is 24.0 Å². The number of para-hydroxylation sites is 1. The highest BCUT2D eigenvalue weighted by Gasteiger charge is 2.21. The third kappa shape index (κ3) is 4.97. The number of aryl methyl sites for hydroxylation is 2. The lowest BCUT2D eigenvalue weighted by Crippen LogP contribution is -2.37. The molecule has 1 heterocycles. The molecule has 0 aromatic heterocycles. The number of amides is 1. The van der Waals surface area contributed by atoms with Gasteiger partial charge in [0.1, 0.15) is 6.54 Å². The number of hydrogen-bond donors (Lipinski definition) is 2. The molecule has 26 heavy (non-hydrogen) atoms. The number of aliphatic imine (C=N–C) groups is 1. The van der Waals surface area contributed by atoms with Crippen LogP contribution in [0, 0.1) is 0 Å². The largest absolute Gasteiger partial charge is 0.370 e. The van der Waals surface area contributed by atoms with Crippen LogP contribution in [-0.4, -0.2) is 25.0 Å². The molecule has 3 rings (SSSR count). The normalized spacial score (nSPS) is 13.6. The second-order valence-electron chi connectivity index (χ2n) is 6.15. The van der Waals surface area contributed by atoms with E-state index in [9.17, 15) is 4.79 Å². The molecule has 5 nitrogen and oxygen atoms in total. The summed E-state index contributed by atoms with van der Waals surface area (Å²) >= 11 is 0. The van der Waals surface area contributed by atoms with E-state index < -0.39 is 0 Å². The topological polar surface area (TPSA) is 70.7 Å². The lowest BCUT2D eigenvalue weighted by atomic mass is 10.0. The minimum absolute atomic E-state index is 0. The smallest absolute Gasteiger partial charge is 0.248 e. The first-order valence-corrected chi connectivity index (χ1v) is 8.71. The van der Waals surface area contributed by atoms with Crippen LogP contribution in [0.4, 0.5) is 11.4 Å². The van der Waals surface area contributed by atoms with E-state index in [-0.39, 0.29) is 42.4 Å². The molecular formula is C20H25IN4O. The fraction of sp³-hybridized carbons (Fsp3) is 0.300. The summed E-state index contributed by atoms with van der Waals surface area (Å²) in [4.78, 5) is 18.6. The molecule has 138 valence electrons. The zero-order valence-corrected chi connectivity index (χ0v) is 17.3. The maximum absolute atomic E-state index is 12.5. The summed E-state index contributed by atoms with van der Waals surface area (Å²) in [6, 6.07) is 16.1. The molecule has 1 aliphatic rings. The number of hydrogen-bond acceptors (Lipinski definition) is 2. The third-order valence-electron chi connectivity index (χ3n) is 4.43. The van der Waals surface area contributed by atoms with Crippen molar-refractivity contribution in [2.24, 2.45) is 10.7 Å². The van der Waals surface area contributed by atoms with Gasteiger partial charge in [0.25, 0.3) is 0 Å². The number of carbonyl (C=O) groups excluding carboxylic acids is 1. The Kier molecular flexibility index (Phi) is 7.44. The second kappa shape index (κ2) is 9.56. The summed E-state index contributed by atoms with van der Waals surface area (Å²) in [5.74, 6) is 0.223. The van der Waals surface area contributed by atoms with E-state index in [1.807, 2.05) is 47.4 Å². The molecule has 0 radical (unpaired) electrons. The Labute approximate surface area is 171 Å². The van der Waals surface area contributed by atoms with Crippen LogP contribution in [0.1, 0.15) is 24.5 Å². The van der Waals surface area contributed by atoms with Gasteiger partial charge in [-0.2, -0.15) is 0 Å². The van der Waals surface area contributed by atoms with Gasteiger partial charge < -0.3 is 16.0 Å². The number of nitrogens with two attached hydrogens (primary N) is 1. The first-order chi connectivity index (χ1) is 12.2. The Hall–Kier alpha value is -2.09. The average molecular weight is 464 g/mol. The average Bonchev–Trinajstić information content (AvgIpc) is 2.66. The Balaban J connectivity index is 0.00000243. The van der Waals surface area contributed by atoms with E-state index >= 15 is 0 Å². The van der Waals surface area contributed by atoms with Crippen LogP contribution in [0.3, 0.4) is 0 Å². The first-order valence-electron chi connectivity index (χ1n) is 8.71. The van der Waals surface area contributed by atoms with Gasteiger partial charge >= 0.3 is 0 Å². The number of nitrogens with one attached hydrogen (secondary N) is 1. The fourth-order valence-corrected chi connectivity index (χ4v) is 3.04. The highest BCUT2D eigenvalue weighted by atomic mass is 127. The molecule has 0 atom stereocenters. The van der Waals surface area contributed by atoms with E-state index in [1.165, 1.54) is 11.1 Å². The SMILES string of the molecule is CCc1ccc(NC(N)=NCC(=O)N2CCCc3ccccc32)cc1.I. The number of guanidine groups is 1. The van der Waals surface area contributed by atoms with E-state index in [4.69, 9.17) is 5.73 Å². The van der Waals surface area contributed by atoms with Gasteiger partial charge in [0.05, 0.1) is 0 Å². The standard InChI is InChI=1S/C20H24N4O.HI/c1-2-15-9-11-17(12-10-15)23-20(21)22-14-19(25)24-13-5-7-16-6-3-4-8-18(16)24;/h3-4,6,8-12H,2,5,7,13-14H2,1H3,(H3,21,22,23);1H. The Morgan fingerprint density at radius 3 is 2.65 bits per heavy atom. The van der Waals surface area contributed by atoms with Crippen LogP contribution >= 0.6 is 24.0 Å². The van der Waals surface area contributed by atoms with Crippen molar-refractivity contribution in [1.29, 1.82) is 0 Å². The van der Waals surface area contributed by atoms with Gasteiger partial charge in [-0.05, 0) is 48.6 Å². The van der Waals surface area contributed by atoms with Crippen LogP contribution in [-0.2, 0) is 17.6 Å². The van der Waals surface area contributed by atoms with Crippen molar-refractivity contribution in [2.75, 3.05) is 23.3 Å². The maximum Gasteiger partial charge on any atom is 0.248 e. The Bertz CT molecular complexity index is 774. The molecule has 1 aliphatic heterocycles. The van der Waals surface area contributed by atoms with Gasteiger partial charge in [-0.1, -0.05) is 37.3 Å². The molecule has 0 fully saturated rings. The van der Waals surface area contributed by atoms with Gasteiger partial charge in [0, 0.05) is 17.9 Å². The highest BCUT2D eigenvalue weighted by Crippen LogP contribution is 2.26. The minimum Gasteiger partial charge on any atom is -0.370 e. The Morgan fingerprint density at radius 2 is 1.92 bits per heavy atom. The molecule has 0 saturated heterocycles. The number of benzene rings is 2. The third-order valence-corrected chi connectivity index (χ3v) is 4.43. The summed E-state index contributed by atoms with van der Waals surface area (Å²) in [5, 5.41) is 3.03. The lowest BCUT2D eigenvalue weighted by molar-refractivity contribution is -0.117. The number of anilines is 2. The molecule has 0 spiro atoms. The molecular weight excluding hydrogens is 439 g/mol. The van der Waals surface area contributed by atoms with E-state index in [1.54, 1.807) is 0 Å². The van der Waals surface area contributed by atoms with Gasteiger partial charge in [0.15, 0.2) is 5.96 Å². The minimum atomic E-state index is -0.0294. The second-order valence-corrected chi connectivity index (χ2v) is 6.15. The highest BCUT2D eigenvalue weighted by molar-refractivity contribution is 14.0. The summed E-state index contributed by atoms with van der Waals surface area (Å²) in [7, 11) is 0. The van der Waals surface area contributed by atoms with Crippen molar-refractivity contribution in [3.8, 4) is 0 Å². The Morgan fingerprint density at radius 1 is 1.19 bits per heavy atom. The van der Waals surface area contributed by atoms with Crippen molar-refractivity contribution in [3.05, 3.63) is 59.7 Å². The van der Waals surface area contributed by atoms with Crippen LogP contribution < -0.4 is 16.0 Å². The van der Waals surface area contributed by atoms with Crippen molar-refractivity contribution >= 4 is 47.2 Å². The zero-order valence-electron chi connectivity index (χ0n) is 14.9. The number of halogens is 1. The lowest BCUT2D eigenvalue weighted by Gasteiger charge is -2.29. The van der Waals surface area contributed by atoms with Crippen LogP contribution in [0.15, 0.2) is 53.5 Å². The summed E-state index contributed by atoms with van der Waals surface area (Å²) in [5.41, 5.74) is 10.3. The number of nitrogens with zero attached hydrogens (tertiary/aromatic N) is 2. The van der Waals surface area contributed by atoms with Gasteiger partial charge in [-0.25, -0.2) is 4.99 Å². The fourth-order valence-electron chi connectivity index (χ4n) is 3.04. The molecule has 2 aromatic rings. The molecule has 0 unspecified atom stereocenters. The van der Waals surface area contributed by atoms with Crippen LogP contribution in [0.2, 0.25) is 0 Å². The molecule has 1 amide bonds.